The third kappa shape index (κ3) is 2.92. The maximum Gasteiger partial charge on any atom is 0.284 e. The molecule has 0 atom stereocenters. The Labute approximate surface area is 138 Å². The zero-order valence-corrected chi connectivity index (χ0v) is 13.1. The molecule has 0 unspecified atom stereocenters. The van der Waals surface area contributed by atoms with Crippen LogP contribution in [0.1, 0.15) is 22.3 Å². The molecule has 1 amide bonds. The highest BCUT2D eigenvalue weighted by molar-refractivity contribution is 6.09. The van der Waals surface area contributed by atoms with Crippen molar-refractivity contribution in [3.63, 3.8) is 0 Å². The normalized spacial score (nSPS) is 13.6. The van der Waals surface area contributed by atoms with Gasteiger partial charge in [0, 0.05) is 37.5 Å². The van der Waals surface area contributed by atoms with Gasteiger partial charge in [0.2, 0.25) is 0 Å². The first-order valence-corrected chi connectivity index (χ1v) is 7.46. The van der Waals surface area contributed by atoms with Crippen LogP contribution in [-0.2, 0) is 7.05 Å². The predicted molar refractivity (Wildman–Crippen MR) is 87.4 cm³/mol. The Morgan fingerprint density at radius 1 is 1.42 bits per heavy atom. The summed E-state index contributed by atoms with van der Waals surface area (Å²) in [7, 11) is 1.73. The SMILES string of the molecule is Cn1cc(-c2c(C#N)ccc(O)c2C(=O)N=C2NCCCN2)cn1. The number of rotatable bonds is 2. The van der Waals surface area contributed by atoms with E-state index in [9.17, 15) is 15.2 Å². The van der Waals surface area contributed by atoms with Gasteiger partial charge in [0.25, 0.3) is 5.91 Å². The lowest BCUT2D eigenvalue weighted by Crippen LogP contribution is -2.44. The molecule has 24 heavy (non-hydrogen) atoms. The van der Waals surface area contributed by atoms with E-state index >= 15 is 0 Å². The summed E-state index contributed by atoms with van der Waals surface area (Å²) in [5.74, 6) is -0.483. The summed E-state index contributed by atoms with van der Waals surface area (Å²) >= 11 is 0. The van der Waals surface area contributed by atoms with Crippen molar-refractivity contribution in [2.45, 2.75) is 6.42 Å². The van der Waals surface area contributed by atoms with Crippen molar-refractivity contribution in [2.75, 3.05) is 13.1 Å². The van der Waals surface area contributed by atoms with E-state index in [1.165, 1.54) is 18.3 Å². The number of phenols is 1. The molecule has 0 spiro atoms. The summed E-state index contributed by atoms with van der Waals surface area (Å²) in [4.78, 5) is 16.6. The van der Waals surface area contributed by atoms with Gasteiger partial charge in [-0.2, -0.15) is 15.4 Å². The Hall–Kier alpha value is -3.34. The Bertz CT molecular complexity index is 854. The molecular formula is C16H16N6O2. The number of hydrogen-bond donors (Lipinski definition) is 3. The molecule has 1 aliphatic heterocycles. The van der Waals surface area contributed by atoms with Gasteiger partial charge in [0.1, 0.15) is 5.75 Å². The molecule has 0 aliphatic carbocycles. The molecule has 0 saturated carbocycles. The molecule has 1 saturated heterocycles. The first kappa shape index (κ1) is 15.6. The zero-order chi connectivity index (χ0) is 17.1. The topological polar surface area (TPSA) is 115 Å². The molecule has 3 rings (SSSR count). The number of aromatic nitrogens is 2. The number of nitrogens with one attached hydrogen (secondary N) is 2. The highest BCUT2D eigenvalue weighted by Crippen LogP contribution is 2.33. The first-order valence-electron chi connectivity index (χ1n) is 7.46. The number of nitrogens with zero attached hydrogens (tertiary/aromatic N) is 4. The number of benzene rings is 1. The summed E-state index contributed by atoms with van der Waals surface area (Å²) in [6.45, 7) is 1.44. The smallest absolute Gasteiger partial charge is 0.284 e. The van der Waals surface area contributed by atoms with Gasteiger partial charge in [0.05, 0.1) is 23.4 Å². The molecule has 3 N–H and O–H groups in total. The number of aliphatic imine (C=N–C) groups is 1. The summed E-state index contributed by atoms with van der Waals surface area (Å²) in [5, 5.41) is 29.6. The van der Waals surface area contributed by atoms with Crippen molar-refractivity contribution in [1.82, 2.24) is 20.4 Å². The quantitative estimate of drug-likeness (QED) is 0.750. The monoisotopic (exact) mass is 324 g/mol. The summed E-state index contributed by atoms with van der Waals surface area (Å²) in [6.07, 6.45) is 4.15. The van der Waals surface area contributed by atoms with Crippen LogP contribution in [0.3, 0.4) is 0 Å². The van der Waals surface area contributed by atoms with Crippen molar-refractivity contribution < 1.29 is 9.90 Å². The van der Waals surface area contributed by atoms with Crippen LogP contribution in [0.2, 0.25) is 0 Å². The molecule has 1 fully saturated rings. The average Bonchev–Trinajstić information content (AvgIpc) is 3.01. The van der Waals surface area contributed by atoms with E-state index in [1.807, 2.05) is 6.07 Å². The van der Waals surface area contributed by atoms with E-state index < -0.39 is 5.91 Å². The van der Waals surface area contributed by atoms with Crippen LogP contribution >= 0.6 is 0 Å². The Morgan fingerprint density at radius 2 is 2.17 bits per heavy atom. The van der Waals surface area contributed by atoms with E-state index in [4.69, 9.17) is 0 Å². The summed E-state index contributed by atoms with van der Waals surface area (Å²) in [6, 6.07) is 4.85. The number of aromatic hydroxyl groups is 1. The van der Waals surface area contributed by atoms with Crippen LogP contribution in [0.25, 0.3) is 11.1 Å². The minimum atomic E-state index is -0.625. The van der Waals surface area contributed by atoms with Crippen molar-refractivity contribution >= 4 is 11.9 Å². The average molecular weight is 324 g/mol. The standard InChI is InChI=1S/C16H16N6O2/c1-22-9-11(8-20-22)13-10(7-17)3-4-12(23)14(13)15(24)21-16-18-5-2-6-19-16/h3-4,8-9,23H,2,5-6H2,1H3,(H2,18,19,21,24). The lowest BCUT2D eigenvalue weighted by atomic mass is 9.95. The minimum Gasteiger partial charge on any atom is -0.507 e. The van der Waals surface area contributed by atoms with Crippen LogP contribution in [-0.4, -0.2) is 39.8 Å². The number of aryl methyl sites for hydroxylation is 1. The van der Waals surface area contributed by atoms with Gasteiger partial charge in [-0.3, -0.25) is 9.48 Å². The number of guanidine groups is 1. The van der Waals surface area contributed by atoms with E-state index in [0.717, 1.165) is 19.5 Å². The van der Waals surface area contributed by atoms with Crippen LogP contribution in [0.15, 0.2) is 29.5 Å². The van der Waals surface area contributed by atoms with Crippen LogP contribution in [0, 0.1) is 11.3 Å². The van der Waals surface area contributed by atoms with E-state index in [-0.39, 0.29) is 16.9 Å². The van der Waals surface area contributed by atoms with Gasteiger partial charge in [0.15, 0.2) is 5.96 Å². The minimum absolute atomic E-state index is 0.0104. The lowest BCUT2D eigenvalue weighted by molar-refractivity contribution is 0.1000. The second-order valence-corrected chi connectivity index (χ2v) is 5.37. The van der Waals surface area contributed by atoms with Crippen molar-refractivity contribution in [2.24, 2.45) is 12.0 Å². The Balaban J connectivity index is 2.12. The Morgan fingerprint density at radius 3 is 2.79 bits per heavy atom. The molecule has 2 heterocycles. The molecule has 8 heteroatoms. The molecule has 0 radical (unpaired) electrons. The first-order chi connectivity index (χ1) is 11.6. The fraction of sp³-hybridized carbons (Fsp3) is 0.250. The number of nitriles is 1. The third-order valence-electron chi connectivity index (χ3n) is 3.66. The van der Waals surface area contributed by atoms with Gasteiger partial charge in [-0.15, -0.1) is 0 Å². The lowest BCUT2D eigenvalue weighted by Gasteiger charge is -2.17. The van der Waals surface area contributed by atoms with E-state index in [2.05, 4.69) is 20.7 Å². The number of carbonyl (C=O) groups is 1. The maximum absolute atomic E-state index is 12.6. The molecule has 1 aromatic carbocycles. The molecule has 122 valence electrons. The maximum atomic E-state index is 12.6. The molecule has 1 aromatic heterocycles. The number of phenolic OH excluding ortho intramolecular Hbond substituents is 1. The van der Waals surface area contributed by atoms with Gasteiger partial charge in [-0.25, -0.2) is 0 Å². The molecular weight excluding hydrogens is 308 g/mol. The largest absolute Gasteiger partial charge is 0.507 e. The number of amides is 1. The van der Waals surface area contributed by atoms with Crippen LogP contribution < -0.4 is 10.6 Å². The fourth-order valence-electron chi connectivity index (χ4n) is 2.55. The van der Waals surface area contributed by atoms with Gasteiger partial charge >= 0.3 is 0 Å². The molecule has 8 nitrogen and oxygen atoms in total. The van der Waals surface area contributed by atoms with E-state index in [0.29, 0.717) is 17.1 Å². The fourth-order valence-corrected chi connectivity index (χ4v) is 2.55. The van der Waals surface area contributed by atoms with Crippen molar-refractivity contribution in [3.05, 3.63) is 35.7 Å². The van der Waals surface area contributed by atoms with Gasteiger partial charge < -0.3 is 15.7 Å². The second kappa shape index (κ2) is 6.42. The van der Waals surface area contributed by atoms with Gasteiger partial charge in [-0.1, -0.05) is 0 Å². The molecule has 1 aliphatic rings. The summed E-state index contributed by atoms with van der Waals surface area (Å²) in [5.41, 5.74) is 1.16. The Kier molecular flexibility index (Phi) is 4.16. The highest BCUT2D eigenvalue weighted by atomic mass is 16.3. The zero-order valence-electron chi connectivity index (χ0n) is 13.1. The predicted octanol–water partition coefficient (Wildman–Crippen LogP) is 0.743. The second-order valence-electron chi connectivity index (χ2n) is 5.37. The van der Waals surface area contributed by atoms with E-state index in [1.54, 1.807) is 17.9 Å². The van der Waals surface area contributed by atoms with Crippen molar-refractivity contribution in [1.29, 1.82) is 5.26 Å². The number of hydrogen-bond acceptors (Lipinski definition) is 4. The van der Waals surface area contributed by atoms with Gasteiger partial charge in [-0.05, 0) is 18.6 Å². The summed E-state index contributed by atoms with van der Waals surface area (Å²) < 4.78 is 1.56. The third-order valence-corrected chi connectivity index (χ3v) is 3.66. The number of carbonyl (C=O) groups excluding carboxylic acids is 1. The molecule has 2 aromatic rings. The highest BCUT2D eigenvalue weighted by Gasteiger charge is 2.22. The van der Waals surface area contributed by atoms with Crippen LogP contribution in [0.5, 0.6) is 5.75 Å². The molecule has 0 bridgehead atoms. The van der Waals surface area contributed by atoms with Crippen molar-refractivity contribution in [3.8, 4) is 22.9 Å². The van der Waals surface area contributed by atoms with Crippen LogP contribution in [0.4, 0.5) is 0 Å².